The van der Waals surface area contributed by atoms with Crippen molar-refractivity contribution in [3.8, 4) is 0 Å². The zero-order chi connectivity index (χ0) is 13.6. The highest BCUT2D eigenvalue weighted by Gasteiger charge is 2.20. The van der Waals surface area contributed by atoms with E-state index in [1.807, 2.05) is 0 Å². The second-order valence-electron chi connectivity index (χ2n) is 6.04. The Hall–Kier alpha value is -0.480. The molecule has 3 nitrogen and oxygen atoms in total. The number of rotatable bonds is 7. The van der Waals surface area contributed by atoms with E-state index >= 15 is 0 Å². The lowest BCUT2D eigenvalue weighted by molar-refractivity contribution is 0.333. The van der Waals surface area contributed by atoms with Crippen LogP contribution in [0.3, 0.4) is 0 Å². The van der Waals surface area contributed by atoms with Crippen LogP contribution in [-0.4, -0.2) is 16.1 Å². The predicted octanol–water partition coefficient (Wildman–Crippen LogP) is 3.97. The van der Waals surface area contributed by atoms with Crippen LogP contribution in [0.5, 0.6) is 0 Å². The summed E-state index contributed by atoms with van der Waals surface area (Å²) in [6.45, 7) is 12.3. The lowest BCUT2D eigenvalue weighted by Gasteiger charge is -2.23. The van der Waals surface area contributed by atoms with Crippen LogP contribution in [-0.2, 0) is 6.42 Å². The van der Waals surface area contributed by atoms with E-state index in [-0.39, 0.29) is 0 Å². The highest BCUT2D eigenvalue weighted by atomic mass is 32.1. The minimum absolute atomic E-state index is 0.386. The van der Waals surface area contributed by atoms with Crippen molar-refractivity contribution in [2.75, 3.05) is 6.54 Å². The summed E-state index contributed by atoms with van der Waals surface area (Å²) >= 11 is 1.56. The van der Waals surface area contributed by atoms with Crippen molar-refractivity contribution >= 4 is 11.5 Å². The summed E-state index contributed by atoms with van der Waals surface area (Å²) in [6.07, 6.45) is 4.53. The number of aryl methyl sites for hydroxylation is 1. The van der Waals surface area contributed by atoms with E-state index in [4.69, 9.17) is 0 Å². The fourth-order valence-corrected chi connectivity index (χ4v) is 2.79. The van der Waals surface area contributed by atoms with Crippen LogP contribution in [0.25, 0.3) is 0 Å². The van der Waals surface area contributed by atoms with E-state index in [0.29, 0.717) is 11.5 Å². The van der Waals surface area contributed by atoms with Crippen molar-refractivity contribution in [2.24, 2.45) is 5.41 Å². The predicted molar refractivity (Wildman–Crippen MR) is 79.0 cm³/mol. The molecule has 0 amide bonds. The maximum Gasteiger partial charge on any atom is 0.0800 e. The molecule has 0 aliphatic rings. The quantitative estimate of drug-likeness (QED) is 0.814. The standard InChI is InChI=1S/C14H27N3S/c1-6-10-15-12(8-9-14(3,4)5)13-11(7-2)16-17-18-13/h12,15H,6-10H2,1-5H3. The molecule has 0 aliphatic heterocycles. The lowest BCUT2D eigenvalue weighted by atomic mass is 9.88. The molecule has 1 atom stereocenters. The van der Waals surface area contributed by atoms with Crippen molar-refractivity contribution in [3.63, 3.8) is 0 Å². The Morgan fingerprint density at radius 2 is 2.00 bits per heavy atom. The van der Waals surface area contributed by atoms with Crippen LogP contribution in [0.4, 0.5) is 0 Å². The second-order valence-corrected chi connectivity index (χ2v) is 6.83. The third kappa shape index (κ3) is 5.02. The maximum absolute atomic E-state index is 4.24. The summed E-state index contributed by atoms with van der Waals surface area (Å²) in [5.41, 5.74) is 1.55. The largest absolute Gasteiger partial charge is 0.309 e. The second kappa shape index (κ2) is 7.19. The van der Waals surface area contributed by atoms with Crippen molar-refractivity contribution in [2.45, 2.75) is 66.3 Å². The minimum Gasteiger partial charge on any atom is -0.309 e. The number of aromatic nitrogens is 2. The van der Waals surface area contributed by atoms with Crippen LogP contribution in [0.2, 0.25) is 0 Å². The molecule has 104 valence electrons. The lowest BCUT2D eigenvalue weighted by Crippen LogP contribution is -2.23. The number of hydrogen-bond acceptors (Lipinski definition) is 4. The molecule has 4 heteroatoms. The van der Waals surface area contributed by atoms with Crippen LogP contribution in [0, 0.1) is 5.41 Å². The molecule has 0 saturated carbocycles. The normalized spacial score (nSPS) is 13.8. The van der Waals surface area contributed by atoms with Gasteiger partial charge >= 0.3 is 0 Å². The molecule has 1 rings (SSSR count). The van der Waals surface area contributed by atoms with Crippen LogP contribution in [0.15, 0.2) is 0 Å². The molecule has 0 spiro atoms. The highest BCUT2D eigenvalue weighted by Crippen LogP contribution is 2.30. The molecule has 18 heavy (non-hydrogen) atoms. The van der Waals surface area contributed by atoms with Gasteiger partial charge in [0.2, 0.25) is 0 Å². The van der Waals surface area contributed by atoms with Gasteiger partial charge in [0.15, 0.2) is 0 Å². The molecular formula is C14H27N3S. The molecular weight excluding hydrogens is 242 g/mol. The fraction of sp³-hybridized carbons (Fsp3) is 0.857. The third-order valence-electron chi connectivity index (χ3n) is 3.06. The molecule has 1 aromatic rings. The average molecular weight is 269 g/mol. The molecule has 0 aromatic carbocycles. The van der Waals surface area contributed by atoms with Gasteiger partial charge < -0.3 is 5.32 Å². The van der Waals surface area contributed by atoms with E-state index in [0.717, 1.165) is 13.0 Å². The van der Waals surface area contributed by atoms with Gasteiger partial charge in [-0.3, -0.25) is 0 Å². The van der Waals surface area contributed by atoms with Crippen LogP contribution in [0.1, 0.15) is 70.5 Å². The first-order chi connectivity index (χ1) is 8.48. The van der Waals surface area contributed by atoms with Crippen LogP contribution < -0.4 is 5.32 Å². The number of hydrogen-bond donors (Lipinski definition) is 1. The van der Waals surface area contributed by atoms with Gasteiger partial charge in [0.25, 0.3) is 0 Å². The van der Waals surface area contributed by atoms with Gasteiger partial charge in [-0.2, -0.15) is 0 Å². The summed E-state index contributed by atoms with van der Waals surface area (Å²) in [4.78, 5) is 1.34. The Balaban J connectivity index is 2.71. The van der Waals surface area contributed by atoms with Gasteiger partial charge in [0.05, 0.1) is 10.6 Å². The molecule has 1 heterocycles. The molecule has 0 bridgehead atoms. The summed E-state index contributed by atoms with van der Waals surface area (Å²) in [5.74, 6) is 0. The zero-order valence-corrected chi connectivity index (χ0v) is 13.2. The topological polar surface area (TPSA) is 37.8 Å². The minimum atomic E-state index is 0.386. The first-order valence-electron chi connectivity index (χ1n) is 7.02. The zero-order valence-electron chi connectivity index (χ0n) is 12.4. The van der Waals surface area contributed by atoms with Crippen molar-refractivity contribution in [1.82, 2.24) is 14.9 Å². The van der Waals surface area contributed by atoms with Crippen molar-refractivity contribution < 1.29 is 0 Å². The third-order valence-corrected chi connectivity index (χ3v) is 3.94. The Kier molecular flexibility index (Phi) is 6.22. The van der Waals surface area contributed by atoms with Gasteiger partial charge in [-0.15, -0.1) is 5.10 Å². The van der Waals surface area contributed by atoms with Crippen molar-refractivity contribution in [3.05, 3.63) is 10.6 Å². The first-order valence-corrected chi connectivity index (χ1v) is 7.79. The Labute approximate surface area is 116 Å². The molecule has 1 unspecified atom stereocenters. The summed E-state index contributed by atoms with van der Waals surface area (Å²) in [7, 11) is 0. The van der Waals surface area contributed by atoms with E-state index < -0.39 is 0 Å². The van der Waals surface area contributed by atoms with E-state index in [2.05, 4.69) is 49.5 Å². The van der Waals surface area contributed by atoms with Gasteiger partial charge in [-0.05, 0) is 49.2 Å². The van der Waals surface area contributed by atoms with E-state index in [9.17, 15) is 0 Å². The number of nitrogens with one attached hydrogen (secondary N) is 1. The molecule has 0 fully saturated rings. The molecule has 0 aliphatic carbocycles. The molecule has 0 saturated heterocycles. The van der Waals surface area contributed by atoms with E-state index in [1.54, 1.807) is 11.5 Å². The van der Waals surface area contributed by atoms with Gasteiger partial charge in [0.1, 0.15) is 0 Å². The van der Waals surface area contributed by atoms with Crippen molar-refractivity contribution in [1.29, 1.82) is 0 Å². The number of nitrogens with zero attached hydrogens (tertiary/aromatic N) is 2. The van der Waals surface area contributed by atoms with Gasteiger partial charge in [0, 0.05) is 6.04 Å². The monoisotopic (exact) mass is 269 g/mol. The maximum atomic E-state index is 4.24. The first kappa shape index (κ1) is 15.6. The van der Waals surface area contributed by atoms with Crippen LogP contribution >= 0.6 is 11.5 Å². The summed E-state index contributed by atoms with van der Waals surface area (Å²) < 4.78 is 4.12. The fourth-order valence-electron chi connectivity index (χ4n) is 1.95. The molecule has 1 aromatic heterocycles. The summed E-state index contributed by atoms with van der Waals surface area (Å²) in [6, 6.07) is 0.430. The smallest absolute Gasteiger partial charge is 0.0800 e. The highest BCUT2D eigenvalue weighted by molar-refractivity contribution is 7.05. The average Bonchev–Trinajstić information content (AvgIpc) is 2.76. The molecule has 1 N–H and O–H groups in total. The SMILES string of the molecule is CCCNC(CCC(C)(C)C)c1snnc1CC. The Bertz CT molecular complexity index is 341. The Morgan fingerprint density at radius 1 is 1.28 bits per heavy atom. The van der Waals surface area contributed by atoms with Gasteiger partial charge in [-0.25, -0.2) is 0 Å². The summed E-state index contributed by atoms with van der Waals surface area (Å²) in [5, 5.41) is 7.89. The van der Waals surface area contributed by atoms with Gasteiger partial charge in [-0.1, -0.05) is 39.1 Å². The molecule has 0 radical (unpaired) electrons. The Morgan fingerprint density at radius 3 is 2.56 bits per heavy atom. The van der Waals surface area contributed by atoms with E-state index in [1.165, 1.54) is 29.8 Å².